The average molecular weight is 299 g/mol. The lowest BCUT2D eigenvalue weighted by molar-refractivity contribution is 0.452. The SMILES string of the molecule is CSc1ccccc1NC1CCCC(S(C)(=O)=O)C1. The van der Waals surface area contributed by atoms with Gasteiger partial charge in [0.1, 0.15) is 9.84 Å². The predicted octanol–water partition coefficient (Wildman–Crippen LogP) is 3.18. The van der Waals surface area contributed by atoms with Crippen molar-refractivity contribution in [2.75, 3.05) is 17.8 Å². The molecule has 1 aromatic rings. The van der Waals surface area contributed by atoms with E-state index in [1.54, 1.807) is 11.8 Å². The van der Waals surface area contributed by atoms with Crippen molar-refractivity contribution in [3.05, 3.63) is 24.3 Å². The van der Waals surface area contributed by atoms with Crippen molar-refractivity contribution < 1.29 is 8.42 Å². The van der Waals surface area contributed by atoms with Gasteiger partial charge in [-0.2, -0.15) is 0 Å². The van der Waals surface area contributed by atoms with E-state index >= 15 is 0 Å². The number of sulfone groups is 1. The molecule has 0 radical (unpaired) electrons. The molecular formula is C14H21NO2S2. The molecule has 2 unspecified atom stereocenters. The van der Waals surface area contributed by atoms with Gasteiger partial charge in [0.15, 0.2) is 0 Å². The maximum absolute atomic E-state index is 11.7. The normalized spacial score (nSPS) is 24.1. The van der Waals surface area contributed by atoms with Crippen LogP contribution in [0.3, 0.4) is 0 Å². The average Bonchev–Trinajstić information content (AvgIpc) is 2.39. The van der Waals surface area contributed by atoms with Crippen LogP contribution in [-0.2, 0) is 9.84 Å². The summed E-state index contributed by atoms with van der Waals surface area (Å²) in [4.78, 5) is 1.21. The van der Waals surface area contributed by atoms with Crippen LogP contribution in [-0.4, -0.2) is 32.2 Å². The summed E-state index contributed by atoms with van der Waals surface area (Å²) < 4.78 is 23.4. The van der Waals surface area contributed by atoms with Gasteiger partial charge in [-0.3, -0.25) is 0 Å². The molecule has 1 saturated carbocycles. The van der Waals surface area contributed by atoms with Gasteiger partial charge in [0.05, 0.1) is 5.25 Å². The predicted molar refractivity (Wildman–Crippen MR) is 82.7 cm³/mol. The van der Waals surface area contributed by atoms with Crippen molar-refractivity contribution in [1.29, 1.82) is 0 Å². The van der Waals surface area contributed by atoms with E-state index in [9.17, 15) is 8.42 Å². The van der Waals surface area contributed by atoms with Crippen molar-refractivity contribution in [3.63, 3.8) is 0 Å². The standard InChI is InChI=1S/C14H21NO2S2/c1-18-14-9-4-3-8-13(14)15-11-6-5-7-12(10-11)19(2,16)17/h3-4,8-9,11-12,15H,5-7,10H2,1-2H3. The molecule has 5 heteroatoms. The minimum absolute atomic E-state index is 0.180. The molecule has 2 rings (SSSR count). The summed E-state index contributed by atoms with van der Waals surface area (Å²) in [5.41, 5.74) is 1.12. The molecule has 0 heterocycles. The number of anilines is 1. The molecule has 0 amide bonds. The number of benzene rings is 1. The first-order valence-electron chi connectivity index (χ1n) is 6.59. The third-order valence-corrected chi connectivity index (χ3v) is 6.13. The summed E-state index contributed by atoms with van der Waals surface area (Å²) in [5.74, 6) is 0. The van der Waals surface area contributed by atoms with Crippen LogP contribution in [0.5, 0.6) is 0 Å². The zero-order chi connectivity index (χ0) is 13.9. The fraction of sp³-hybridized carbons (Fsp3) is 0.571. The third-order valence-electron chi connectivity index (χ3n) is 3.70. The molecule has 0 aromatic heterocycles. The zero-order valence-electron chi connectivity index (χ0n) is 11.4. The Balaban J connectivity index is 2.07. The van der Waals surface area contributed by atoms with Gasteiger partial charge in [-0.15, -0.1) is 11.8 Å². The zero-order valence-corrected chi connectivity index (χ0v) is 13.1. The van der Waals surface area contributed by atoms with Gasteiger partial charge in [-0.05, 0) is 37.7 Å². The molecule has 1 fully saturated rings. The third kappa shape index (κ3) is 3.89. The monoisotopic (exact) mass is 299 g/mol. The molecule has 0 bridgehead atoms. The highest BCUT2D eigenvalue weighted by atomic mass is 32.2. The number of hydrogen-bond donors (Lipinski definition) is 1. The Kier molecular flexibility index (Phi) is 4.79. The number of thioether (sulfide) groups is 1. The van der Waals surface area contributed by atoms with E-state index < -0.39 is 9.84 Å². The van der Waals surface area contributed by atoms with Crippen LogP contribution in [0.15, 0.2) is 29.2 Å². The van der Waals surface area contributed by atoms with Gasteiger partial charge >= 0.3 is 0 Å². The molecule has 0 saturated heterocycles. The van der Waals surface area contributed by atoms with Gasteiger partial charge in [0.2, 0.25) is 0 Å². The molecular weight excluding hydrogens is 278 g/mol. The second-order valence-electron chi connectivity index (χ2n) is 5.16. The molecule has 19 heavy (non-hydrogen) atoms. The highest BCUT2D eigenvalue weighted by molar-refractivity contribution is 7.98. The fourth-order valence-corrected chi connectivity index (χ4v) is 4.39. The van der Waals surface area contributed by atoms with Crippen LogP contribution in [0.1, 0.15) is 25.7 Å². The molecule has 1 aromatic carbocycles. The first-order valence-corrected chi connectivity index (χ1v) is 9.77. The van der Waals surface area contributed by atoms with Gasteiger partial charge in [-0.1, -0.05) is 18.6 Å². The molecule has 0 aliphatic heterocycles. The largest absolute Gasteiger partial charge is 0.381 e. The van der Waals surface area contributed by atoms with Crippen LogP contribution < -0.4 is 5.32 Å². The summed E-state index contributed by atoms with van der Waals surface area (Å²) in [6, 6.07) is 8.46. The maximum atomic E-state index is 11.7. The number of rotatable bonds is 4. The van der Waals surface area contributed by atoms with E-state index in [2.05, 4.69) is 23.7 Å². The molecule has 1 aliphatic rings. The topological polar surface area (TPSA) is 46.2 Å². The van der Waals surface area contributed by atoms with Crippen molar-refractivity contribution in [3.8, 4) is 0 Å². The van der Waals surface area contributed by atoms with E-state index in [-0.39, 0.29) is 11.3 Å². The van der Waals surface area contributed by atoms with Crippen LogP contribution >= 0.6 is 11.8 Å². The van der Waals surface area contributed by atoms with E-state index in [0.717, 1.165) is 31.4 Å². The lowest BCUT2D eigenvalue weighted by Gasteiger charge is -2.30. The summed E-state index contributed by atoms with van der Waals surface area (Å²) in [7, 11) is -2.91. The first-order chi connectivity index (χ1) is 9.00. The number of nitrogens with one attached hydrogen (secondary N) is 1. The Hall–Kier alpha value is -0.680. The van der Waals surface area contributed by atoms with E-state index in [1.165, 1.54) is 11.2 Å². The molecule has 1 N–H and O–H groups in total. The van der Waals surface area contributed by atoms with Crippen molar-refractivity contribution in [1.82, 2.24) is 0 Å². The highest BCUT2D eigenvalue weighted by Gasteiger charge is 2.28. The fourth-order valence-electron chi connectivity index (χ4n) is 2.65. The molecule has 2 atom stereocenters. The Morgan fingerprint density at radius 2 is 2.00 bits per heavy atom. The molecule has 0 spiro atoms. The Morgan fingerprint density at radius 3 is 2.68 bits per heavy atom. The summed E-state index contributed by atoms with van der Waals surface area (Å²) in [5, 5.41) is 3.34. The summed E-state index contributed by atoms with van der Waals surface area (Å²) in [6.45, 7) is 0. The van der Waals surface area contributed by atoms with Crippen LogP contribution in [0.4, 0.5) is 5.69 Å². The highest BCUT2D eigenvalue weighted by Crippen LogP contribution is 2.30. The second kappa shape index (κ2) is 6.18. The first kappa shape index (κ1) is 14.7. The van der Waals surface area contributed by atoms with Gasteiger partial charge in [-0.25, -0.2) is 8.42 Å². The lowest BCUT2D eigenvalue weighted by Crippen LogP contribution is -2.34. The summed E-state index contributed by atoms with van der Waals surface area (Å²) >= 11 is 1.71. The quantitative estimate of drug-likeness (QED) is 0.867. The van der Waals surface area contributed by atoms with E-state index in [0.29, 0.717) is 0 Å². The second-order valence-corrected chi connectivity index (χ2v) is 8.33. The minimum Gasteiger partial charge on any atom is -0.381 e. The van der Waals surface area contributed by atoms with E-state index in [4.69, 9.17) is 0 Å². The Labute approximate surface area is 120 Å². The van der Waals surface area contributed by atoms with Crippen LogP contribution in [0, 0.1) is 0 Å². The van der Waals surface area contributed by atoms with Crippen molar-refractivity contribution >= 4 is 27.3 Å². The Bertz CT molecular complexity index is 528. The number of para-hydroxylation sites is 1. The number of hydrogen-bond acceptors (Lipinski definition) is 4. The molecule has 1 aliphatic carbocycles. The van der Waals surface area contributed by atoms with Crippen LogP contribution in [0.25, 0.3) is 0 Å². The minimum atomic E-state index is -2.91. The van der Waals surface area contributed by atoms with Gasteiger partial charge < -0.3 is 5.32 Å². The van der Waals surface area contributed by atoms with E-state index in [1.807, 2.05) is 12.1 Å². The van der Waals surface area contributed by atoms with Gasteiger partial charge in [0.25, 0.3) is 0 Å². The maximum Gasteiger partial charge on any atom is 0.150 e. The molecule has 106 valence electrons. The van der Waals surface area contributed by atoms with Crippen LogP contribution in [0.2, 0.25) is 0 Å². The van der Waals surface area contributed by atoms with Crippen molar-refractivity contribution in [2.45, 2.75) is 41.9 Å². The Morgan fingerprint density at radius 1 is 1.26 bits per heavy atom. The smallest absolute Gasteiger partial charge is 0.150 e. The van der Waals surface area contributed by atoms with Crippen molar-refractivity contribution in [2.24, 2.45) is 0 Å². The summed E-state index contributed by atoms with van der Waals surface area (Å²) in [6.07, 6.45) is 6.98. The van der Waals surface area contributed by atoms with Gasteiger partial charge in [0, 0.05) is 22.9 Å². The lowest BCUT2D eigenvalue weighted by atomic mass is 9.95. The molecule has 3 nitrogen and oxygen atoms in total.